The van der Waals surface area contributed by atoms with Gasteiger partial charge in [0.1, 0.15) is 23.5 Å². The van der Waals surface area contributed by atoms with E-state index in [2.05, 4.69) is 58.4 Å². The average Bonchev–Trinajstić information content (AvgIpc) is 3.51. The molecule has 0 radical (unpaired) electrons. The van der Waals surface area contributed by atoms with Crippen molar-refractivity contribution in [3.05, 3.63) is 61.3 Å². The molecule has 1 amide bonds. The van der Waals surface area contributed by atoms with Crippen molar-refractivity contribution in [2.24, 2.45) is 17.8 Å². The predicted octanol–water partition coefficient (Wildman–Crippen LogP) is 8.38. The number of hydrogen-bond acceptors (Lipinski definition) is 9. The fraction of sp³-hybridized carbons (Fsp3) is 0.625. The molecule has 2 aliphatic rings. The zero-order valence-electron chi connectivity index (χ0n) is 32.1. The van der Waals surface area contributed by atoms with Crippen LogP contribution in [0, 0.1) is 24.7 Å². The molecule has 53 heavy (non-hydrogen) atoms. The van der Waals surface area contributed by atoms with Gasteiger partial charge >= 0.3 is 55.4 Å². The number of esters is 1. The molecular weight excluding hydrogens is 941 g/mol. The number of piperidine rings is 1. The molecule has 2 saturated heterocycles. The number of ketones is 2. The zero-order chi connectivity index (χ0) is 39.8. The van der Waals surface area contributed by atoms with Gasteiger partial charge in [0.25, 0.3) is 18.2 Å². The van der Waals surface area contributed by atoms with Gasteiger partial charge < -0.3 is 26.0 Å². The first kappa shape index (κ1) is 49.4. The SMILES string of the molecule is C=CCC(/C=C(\C)CCOC=O)C(=O)CC[C@@H](C)C(CCc1cccnc1)OC(=O)[C@@H]1CCCCN1C(=O)C(=O)[C@@]1(C)C[C@@H](C)CO1.[CH2-]CC.[I][V][I]. The van der Waals surface area contributed by atoms with E-state index in [1.54, 1.807) is 25.4 Å². The van der Waals surface area contributed by atoms with Crippen molar-refractivity contribution in [3.63, 3.8) is 0 Å². The quantitative estimate of drug-likeness (QED) is 0.0256. The first-order valence-electron chi connectivity index (χ1n) is 18.5. The molecule has 0 saturated carbocycles. The monoisotopic (exact) mass is 1000 g/mol. The Labute approximate surface area is 346 Å². The van der Waals surface area contributed by atoms with Gasteiger partial charge in [-0.15, -0.1) is 6.58 Å². The first-order chi connectivity index (χ1) is 25.3. The molecule has 0 bridgehead atoms. The van der Waals surface area contributed by atoms with Crippen molar-refractivity contribution in [1.82, 2.24) is 9.88 Å². The number of hydrogen-bond donors (Lipinski definition) is 0. The summed E-state index contributed by atoms with van der Waals surface area (Å²) >= 11 is 4.74. The fourth-order valence-corrected chi connectivity index (χ4v) is 6.49. The molecule has 1 aromatic heterocycles. The zero-order valence-corrected chi connectivity index (χ0v) is 37.8. The molecule has 297 valence electrons. The Balaban J connectivity index is 0.00000219. The number of aryl methyl sites for hydroxylation is 1. The summed E-state index contributed by atoms with van der Waals surface area (Å²) < 4.78 is 16.7. The molecule has 1 aromatic rings. The minimum absolute atomic E-state index is 0.0595. The van der Waals surface area contributed by atoms with Crippen molar-refractivity contribution in [3.8, 4) is 0 Å². The van der Waals surface area contributed by atoms with Crippen LogP contribution in [0.4, 0.5) is 0 Å². The number of nitrogens with zero attached hydrogens (tertiary/aromatic N) is 2. The van der Waals surface area contributed by atoms with Crippen LogP contribution in [-0.2, 0) is 54.1 Å². The summed E-state index contributed by atoms with van der Waals surface area (Å²) in [6, 6.07) is 2.97. The minimum atomic E-state index is -1.18. The van der Waals surface area contributed by atoms with Crippen molar-refractivity contribution < 1.29 is 47.6 Å². The van der Waals surface area contributed by atoms with Crippen LogP contribution in [0.1, 0.15) is 104 Å². The summed E-state index contributed by atoms with van der Waals surface area (Å²) in [7, 11) is 0.628. The van der Waals surface area contributed by atoms with Gasteiger partial charge in [-0.2, -0.15) is 6.42 Å². The van der Waals surface area contributed by atoms with Gasteiger partial charge in [-0.1, -0.05) is 44.6 Å². The molecule has 0 N–H and O–H groups in total. The molecule has 10 nitrogen and oxygen atoms in total. The Hall–Kier alpha value is -1.62. The van der Waals surface area contributed by atoms with Gasteiger partial charge in [0.15, 0.2) is 0 Å². The number of aromatic nitrogens is 1. The van der Waals surface area contributed by atoms with Crippen LogP contribution in [0.3, 0.4) is 0 Å². The van der Waals surface area contributed by atoms with E-state index in [4.69, 9.17) is 14.2 Å². The topological polar surface area (TPSA) is 129 Å². The summed E-state index contributed by atoms with van der Waals surface area (Å²) in [5.74, 6) is -2.10. The number of pyridine rings is 1. The second kappa shape index (κ2) is 27.9. The normalized spacial score (nSPS) is 21.3. The van der Waals surface area contributed by atoms with Crippen LogP contribution >= 0.6 is 40.0 Å². The fourth-order valence-electron chi connectivity index (χ4n) is 6.49. The number of carbonyl (C=O) groups excluding carboxylic acids is 5. The number of likely N-dealkylation sites (tertiary alicyclic amines) is 1. The summed E-state index contributed by atoms with van der Waals surface area (Å²) in [4.78, 5) is 70.0. The third kappa shape index (κ3) is 18.3. The molecular formula is C40H59I2N2O8V-. The summed E-state index contributed by atoms with van der Waals surface area (Å²) in [6.07, 6.45) is 12.9. The number of allylic oxidation sites excluding steroid dienone is 2. The number of rotatable bonds is 19. The average molecular weight is 1000 g/mol. The van der Waals surface area contributed by atoms with Gasteiger partial charge in [-0.05, 0) is 88.7 Å². The third-order valence-electron chi connectivity index (χ3n) is 9.33. The van der Waals surface area contributed by atoms with Crippen molar-refractivity contribution >= 4 is 69.9 Å². The Morgan fingerprint density at radius 2 is 1.92 bits per heavy atom. The maximum atomic E-state index is 13.8. The predicted molar refractivity (Wildman–Crippen MR) is 221 cm³/mol. The van der Waals surface area contributed by atoms with Gasteiger partial charge in [-0.25, -0.2) is 4.79 Å². The maximum absolute atomic E-state index is 13.8. The number of Topliss-reactive ketones (excluding diaryl/α,β-unsaturated/α-hetero) is 2. The molecule has 6 atom stereocenters. The van der Waals surface area contributed by atoms with E-state index in [1.165, 1.54) is 4.90 Å². The molecule has 2 aliphatic heterocycles. The van der Waals surface area contributed by atoms with Crippen LogP contribution in [0.5, 0.6) is 0 Å². The van der Waals surface area contributed by atoms with E-state index in [1.807, 2.05) is 45.9 Å². The van der Waals surface area contributed by atoms with Crippen molar-refractivity contribution in [2.45, 2.75) is 123 Å². The van der Waals surface area contributed by atoms with Crippen LogP contribution in [0.25, 0.3) is 0 Å². The molecule has 2 fully saturated rings. The molecule has 13 heteroatoms. The van der Waals surface area contributed by atoms with E-state index in [0.717, 1.165) is 24.0 Å². The first-order valence-corrected chi connectivity index (χ1v) is 27.5. The second-order valence-electron chi connectivity index (χ2n) is 14.0. The van der Waals surface area contributed by atoms with Gasteiger partial charge in [0, 0.05) is 37.7 Å². The Kier molecular flexibility index (Phi) is 26.0. The third-order valence-corrected chi connectivity index (χ3v) is 9.33. The van der Waals surface area contributed by atoms with E-state index in [0.29, 0.717) is 80.5 Å². The number of amides is 1. The summed E-state index contributed by atoms with van der Waals surface area (Å²) in [6.45, 7) is 18.2. The summed E-state index contributed by atoms with van der Waals surface area (Å²) in [5, 5.41) is 0. The number of carbonyl (C=O) groups is 5. The Bertz CT molecular complexity index is 1310. The van der Waals surface area contributed by atoms with Crippen LogP contribution in [0.15, 0.2) is 48.8 Å². The molecule has 0 aromatic carbocycles. The molecule has 3 heterocycles. The molecule has 0 spiro atoms. The standard InChI is InChI=1S/C37H52N2O8.C3H7.2HI.V/c1-6-10-30(21-26(2)17-20-45-25-40)32(41)15-13-28(4)33(16-14-29-11-9-18-38-23-29)47-36(44)31-12-7-8-19-39(31)35(43)34(42)37(5)22-27(3)24-46-37;1-3-2;;;/h6,9,11,18,21,23,25,27-28,30-31,33H,1,7-8,10,12-17,19-20,22,24H2,2-5H3;1,3H2,2H3;2*1H;/q;-1;;;+2/p-2/b26-21+;;;;/t27-,28-,30?,31+,33?,37-;;;;/m1..../s1. The van der Waals surface area contributed by atoms with Crippen molar-refractivity contribution in [1.29, 1.82) is 0 Å². The molecule has 0 aliphatic carbocycles. The van der Waals surface area contributed by atoms with Crippen LogP contribution in [0.2, 0.25) is 0 Å². The van der Waals surface area contributed by atoms with Gasteiger partial charge in [-0.3, -0.25) is 24.2 Å². The summed E-state index contributed by atoms with van der Waals surface area (Å²) in [5.41, 5.74) is 0.772. The van der Waals surface area contributed by atoms with E-state index >= 15 is 0 Å². The van der Waals surface area contributed by atoms with E-state index in [9.17, 15) is 24.0 Å². The van der Waals surface area contributed by atoms with Gasteiger partial charge in [0.2, 0.25) is 0 Å². The van der Waals surface area contributed by atoms with Crippen LogP contribution in [-0.4, -0.2) is 77.3 Å². The van der Waals surface area contributed by atoms with Crippen LogP contribution < -0.4 is 0 Å². The number of halogens is 2. The van der Waals surface area contributed by atoms with Gasteiger partial charge in [0.05, 0.1) is 13.2 Å². The van der Waals surface area contributed by atoms with E-state index in [-0.39, 0.29) is 36.6 Å². The molecule has 3 rings (SSSR count). The number of ether oxygens (including phenoxy) is 3. The van der Waals surface area contributed by atoms with Crippen molar-refractivity contribution in [2.75, 3.05) is 19.8 Å². The Morgan fingerprint density at radius 3 is 2.51 bits per heavy atom. The van der Waals surface area contributed by atoms with E-state index < -0.39 is 35.4 Å². The second-order valence-corrected chi connectivity index (χ2v) is 25.8. The Morgan fingerprint density at radius 1 is 1.23 bits per heavy atom. The molecule has 2 unspecified atom stereocenters.